The second kappa shape index (κ2) is 8.10. The molecule has 0 aromatic heterocycles. The summed E-state index contributed by atoms with van der Waals surface area (Å²) in [4.78, 5) is 2.46. The van der Waals surface area contributed by atoms with Crippen molar-refractivity contribution in [2.75, 3.05) is 26.7 Å². The first kappa shape index (κ1) is 15.0. The molecule has 1 aliphatic carbocycles. The number of hydrogen-bond acceptors (Lipinski definition) is 2. The van der Waals surface area contributed by atoms with Gasteiger partial charge in [0.05, 0.1) is 0 Å². The number of hydrogen-bond donors (Lipinski definition) is 1. The molecular formula is C15H32N2. The van der Waals surface area contributed by atoms with Crippen molar-refractivity contribution in [3.8, 4) is 0 Å². The Hall–Kier alpha value is -0.0800. The van der Waals surface area contributed by atoms with E-state index < -0.39 is 0 Å². The highest BCUT2D eigenvalue weighted by atomic mass is 15.1. The van der Waals surface area contributed by atoms with Crippen LogP contribution in [-0.4, -0.2) is 37.6 Å². The van der Waals surface area contributed by atoms with Gasteiger partial charge in [0.25, 0.3) is 0 Å². The zero-order valence-corrected chi connectivity index (χ0v) is 12.3. The van der Waals surface area contributed by atoms with Gasteiger partial charge >= 0.3 is 0 Å². The Morgan fingerprint density at radius 1 is 1.18 bits per heavy atom. The Morgan fingerprint density at radius 2 is 1.88 bits per heavy atom. The molecule has 0 amide bonds. The Labute approximate surface area is 108 Å². The van der Waals surface area contributed by atoms with Gasteiger partial charge in [-0.2, -0.15) is 0 Å². The van der Waals surface area contributed by atoms with Crippen molar-refractivity contribution < 1.29 is 0 Å². The predicted octanol–water partition coefficient (Wildman–Crippen LogP) is 3.13. The molecule has 2 atom stereocenters. The van der Waals surface area contributed by atoms with E-state index in [0.717, 1.165) is 24.4 Å². The topological polar surface area (TPSA) is 15.3 Å². The van der Waals surface area contributed by atoms with Gasteiger partial charge in [-0.05, 0) is 44.7 Å². The van der Waals surface area contributed by atoms with E-state index in [4.69, 9.17) is 0 Å². The van der Waals surface area contributed by atoms with E-state index in [1.54, 1.807) is 0 Å². The summed E-state index contributed by atoms with van der Waals surface area (Å²) in [5, 5.41) is 3.75. The lowest BCUT2D eigenvalue weighted by atomic mass is 9.86. The van der Waals surface area contributed by atoms with Crippen molar-refractivity contribution in [3.05, 3.63) is 0 Å². The van der Waals surface area contributed by atoms with Crippen LogP contribution in [-0.2, 0) is 0 Å². The largest absolute Gasteiger partial charge is 0.312 e. The lowest BCUT2D eigenvalue weighted by Crippen LogP contribution is -2.41. The highest BCUT2D eigenvalue weighted by Gasteiger charge is 2.20. The van der Waals surface area contributed by atoms with Gasteiger partial charge in [0.1, 0.15) is 0 Å². The zero-order chi connectivity index (χ0) is 12.7. The summed E-state index contributed by atoms with van der Waals surface area (Å²) in [5.74, 6) is 1.70. The molecule has 0 saturated heterocycles. The van der Waals surface area contributed by atoms with Crippen LogP contribution in [0.2, 0.25) is 0 Å². The average molecular weight is 240 g/mol. The third kappa shape index (κ3) is 6.42. The molecule has 1 N–H and O–H groups in total. The van der Waals surface area contributed by atoms with Crippen molar-refractivity contribution in [2.45, 2.75) is 58.9 Å². The normalized spacial score (nSPS) is 25.8. The van der Waals surface area contributed by atoms with Crippen LogP contribution in [0.1, 0.15) is 52.9 Å². The van der Waals surface area contributed by atoms with Crippen LogP contribution in [0.4, 0.5) is 0 Å². The minimum atomic E-state index is 0.780. The Balaban J connectivity index is 2.05. The molecule has 1 rings (SSSR count). The minimum absolute atomic E-state index is 0.780. The summed E-state index contributed by atoms with van der Waals surface area (Å²) in [6.45, 7) is 10.6. The van der Waals surface area contributed by atoms with Crippen LogP contribution in [0.3, 0.4) is 0 Å². The molecule has 1 fully saturated rings. The fourth-order valence-electron chi connectivity index (χ4n) is 2.65. The van der Waals surface area contributed by atoms with Crippen LogP contribution in [0.5, 0.6) is 0 Å². The summed E-state index contributed by atoms with van der Waals surface area (Å²) < 4.78 is 0. The van der Waals surface area contributed by atoms with Crippen LogP contribution in [0, 0.1) is 11.8 Å². The second-order valence-electron chi connectivity index (χ2n) is 6.31. The molecular weight excluding hydrogens is 208 g/mol. The van der Waals surface area contributed by atoms with Crippen molar-refractivity contribution >= 4 is 0 Å². The third-order valence-corrected chi connectivity index (χ3v) is 4.10. The molecule has 17 heavy (non-hydrogen) atoms. The van der Waals surface area contributed by atoms with Gasteiger partial charge in [-0.3, -0.25) is 0 Å². The summed E-state index contributed by atoms with van der Waals surface area (Å²) >= 11 is 0. The Kier molecular flexibility index (Phi) is 7.14. The third-order valence-electron chi connectivity index (χ3n) is 4.10. The molecule has 2 unspecified atom stereocenters. The highest BCUT2D eigenvalue weighted by Crippen LogP contribution is 2.23. The van der Waals surface area contributed by atoms with Gasteiger partial charge in [0.15, 0.2) is 0 Å². The molecule has 1 saturated carbocycles. The number of rotatable bonds is 7. The minimum Gasteiger partial charge on any atom is -0.312 e. The van der Waals surface area contributed by atoms with Gasteiger partial charge in [0, 0.05) is 19.1 Å². The van der Waals surface area contributed by atoms with E-state index in [1.807, 2.05) is 0 Å². The lowest BCUT2D eigenvalue weighted by molar-refractivity contribution is 0.256. The molecule has 0 aromatic rings. The first-order valence-corrected chi connectivity index (χ1v) is 7.51. The highest BCUT2D eigenvalue weighted by molar-refractivity contribution is 4.78. The molecule has 2 heteroatoms. The maximum atomic E-state index is 3.75. The van der Waals surface area contributed by atoms with E-state index in [-0.39, 0.29) is 0 Å². The quantitative estimate of drug-likeness (QED) is 0.735. The first-order chi connectivity index (χ1) is 8.09. The van der Waals surface area contributed by atoms with Gasteiger partial charge in [0.2, 0.25) is 0 Å². The molecule has 0 heterocycles. The SMILES string of the molecule is CC(C)CCN(C)CCNC1CCCCC1C. The predicted molar refractivity (Wildman–Crippen MR) is 76.4 cm³/mol. The van der Waals surface area contributed by atoms with Crippen LogP contribution in [0.15, 0.2) is 0 Å². The number of likely N-dealkylation sites (N-methyl/N-ethyl adjacent to an activating group) is 1. The molecule has 0 aliphatic heterocycles. The molecule has 0 bridgehead atoms. The lowest BCUT2D eigenvalue weighted by Gasteiger charge is -2.30. The zero-order valence-electron chi connectivity index (χ0n) is 12.3. The Bertz CT molecular complexity index is 191. The monoisotopic (exact) mass is 240 g/mol. The van der Waals surface area contributed by atoms with Gasteiger partial charge in [-0.25, -0.2) is 0 Å². The van der Waals surface area contributed by atoms with Crippen LogP contribution < -0.4 is 5.32 Å². The summed E-state index contributed by atoms with van der Waals surface area (Å²) in [6, 6.07) is 0.780. The summed E-state index contributed by atoms with van der Waals surface area (Å²) in [7, 11) is 2.24. The van der Waals surface area contributed by atoms with E-state index >= 15 is 0 Å². The molecule has 102 valence electrons. The summed E-state index contributed by atoms with van der Waals surface area (Å²) in [5.41, 5.74) is 0. The maximum absolute atomic E-state index is 3.75. The Morgan fingerprint density at radius 3 is 2.53 bits per heavy atom. The second-order valence-corrected chi connectivity index (χ2v) is 6.31. The number of nitrogens with one attached hydrogen (secondary N) is 1. The van der Waals surface area contributed by atoms with Crippen LogP contribution in [0.25, 0.3) is 0 Å². The van der Waals surface area contributed by atoms with Crippen molar-refractivity contribution in [3.63, 3.8) is 0 Å². The van der Waals surface area contributed by atoms with Crippen molar-refractivity contribution in [1.82, 2.24) is 10.2 Å². The number of nitrogens with zero attached hydrogens (tertiary/aromatic N) is 1. The standard InChI is InChI=1S/C15H32N2/c1-13(2)9-11-17(4)12-10-16-15-8-6-5-7-14(15)3/h13-16H,5-12H2,1-4H3. The van der Waals surface area contributed by atoms with Gasteiger partial charge < -0.3 is 10.2 Å². The average Bonchev–Trinajstić information content (AvgIpc) is 2.29. The molecule has 0 radical (unpaired) electrons. The summed E-state index contributed by atoms with van der Waals surface area (Å²) in [6.07, 6.45) is 6.98. The first-order valence-electron chi connectivity index (χ1n) is 7.51. The fraction of sp³-hybridized carbons (Fsp3) is 1.00. The molecule has 2 nitrogen and oxygen atoms in total. The van der Waals surface area contributed by atoms with Crippen LogP contribution >= 0.6 is 0 Å². The van der Waals surface area contributed by atoms with Crippen molar-refractivity contribution in [2.24, 2.45) is 11.8 Å². The fourth-order valence-corrected chi connectivity index (χ4v) is 2.65. The van der Waals surface area contributed by atoms with Gasteiger partial charge in [-0.1, -0.05) is 33.6 Å². The molecule has 0 spiro atoms. The molecule has 0 aromatic carbocycles. The van der Waals surface area contributed by atoms with E-state index in [1.165, 1.54) is 45.2 Å². The maximum Gasteiger partial charge on any atom is 0.0104 e. The van der Waals surface area contributed by atoms with Crippen molar-refractivity contribution in [1.29, 1.82) is 0 Å². The smallest absolute Gasteiger partial charge is 0.0104 e. The van der Waals surface area contributed by atoms with E-state index in [2.05, 4.69) is 38.0 Å². The van der Waals surface area contributed by atoms with E-state index in [9.17, 15) is 0 Å². The van der Waals surface area contributed by atoms with Gasteiger partial charge in [-0.15, -0.1) is 0 Å². The van der Waals surface area contributed by atoms with E-state index in [0.29, 0.717) is 0 Å². The molecule has 1 aliphatic rings.